The van der Waals surface area contributed by atoms with Crippen LogP contribution in [0, 0.1) is 0 Å². The lowest BCUT2D eigenvalue weighted by Crippen LogP contribution is -2.51. The summed E-state index contributed by atoms with van der Waals surface area (Å²) in [4.78, 5) is 2.49. The van der Waals surface area contributed by atoms with Crippen molar-refractivity contribution in [1.82, 2.24) is 14.7 Å². The monoisotopic (exact) mass is 357 g/mol. The molecule has 2 rings (SSSR count). The lowest BCUT2D eigenvalue weighted by molar-refractivity contribution is -0.0343. The van der Waals surface area contributed by atoms with Gasteiger partial charge in [0.2, 0.25) is 0 Å². The normalized spacial score (nSPS) is 18.3. The number of nitrogens with zero attached hydrogens (tertiary/aromatic N) is 3. The Hall–Kier alpha value is -0.390. The van der Waals surface area contributed by atoms with E-state index in [0.717, 1.165) is 49.1 Å². The van der Waals surface area contributed by atoms with Gasteiger partial charge in [0.15, 0.2) is 0 Å². The van der Waals surface area contributed by atoms with E-state index in [1.165, 1.54) is 12.8 Å². The Morgan fingerprint density at radius 3 is 2.43 bits per heavy atom. The molecule has 0 aromatic carbocycles. The van der Waals surface area contributed by atoms with Gasteiger partial charge in [-0.1, -0.05) is 20.8 Å². The van der Waals surface area contributed by atoms with Crippen LogP contribution in [0.2, 0.25) is 0 Å². The van der Waals surface area contributed by atoms with E-state index < -0.39 is 6.10 Å². The minimum atomic E-state index is -0.506. The van der Waals surface area contributed by atoms with Crippen molar-refractivity contribution in [2.75, 3.05) is 13.1 Å². The highest BCUT2D eigenvalue weighted by Crippen LogP contribution is 2.41. The zero-order chi connectivity index (χ0) is 15.5. The zero-order valence-electron chi connectivity index (χ0n) is 13.5. The molecule has 1 saturated heterocycles. The first-order valence-electron chi connectivity index (χ1n) is 8.25. The van der Waals surface area contributed by atoms with Crippen LogP contribution >= 0.6 is 15.9 Å². The highest BCUT2D eigenvalue weighted by atomic mass is 79.9. The largest absolute Gasteiger partial charge is 0.385 e. The van der Waals surface area contributed by atoms with Crippen LogP contribution in [0.1, 0.15) is 64.7 Å². The molecule has 1 aliphatic rings. The summed E-state index contributed by atoms with van der Waals surface area (Å²) in [5, 5.41) is 15.7. The van der Waals surface area contributed by atoms with Crippen LogP contribution in [-0.2, 0) is 6.54 Å². The number of aliphatic hydroxyl groups excluding tert-OH is 1. The first-order chi connectivity index (χ1) is 10.1. The summed E-state index contributed by atoms with van der Waals surface area (Å²) in [6.07, 6.45) is 6.71. The molecule has 0 bridgehead atoms. The highest BCUT2D eigenvalue weighted by Gasteiger charge is 2.44. The van der Waals surface area contributed by atoms with Crippen molar-refractivity contribution in [3.63, 3.8) is 0 Å². The Bertz CT molecular complexity index is 450. The van der Waals surface area contributed by atoms with Crippen molar-refractivity contribution in [3.05, 3.63) is 16.4 Å². The number of rotatable bonds is 7. The quantitative estimate of drug-likeness (QED) is 0.807. The van der Waals surface area contributed by atoms with Crippen molar-refractivity contribution in [2.45, 2.75) is 71.1 Å². The van der Waals surface area contributed by atoms with Gasteiger partial charge in [0, 0.05) is 6.54 Å². The second-order valence-corrected chi connectivity index (χ2v) is 6.86. The van der Waals surface area contributed by atoms with E-state index in [-0.39, 0.29) is 5.54 Å². The predicted octanol–water partition coefficient (Wildman–Crippen LogP) is 3.74. The summed E-state index contributed by atoms with van der Waals surface area (Å²) >= 11 is 3.59. The zero-order valence-corrected chi connectivity index (χ0v) is 15.1. The molecule has 4 nitrogen and oxygen atoms in total. The molecule has 1 aliphatic heterocycles. The molecule has 1 fully saturated rings. The molecule has 120 valence electrons. The molecule has 1 unspecified atom stereocenters. The fourth-order valence-corrected chi connectivity index (χ4v) is 4.22. The third-order valence-electron chi connectivity index (χ3n) is 5.00. The van der Waals surface area contributed by atoms with Gasteiger partial charge in [-0.2, -0.15) is 5.10 Å². The minimum Gasteiger partial charge on any atom is -0.385 e. The van der Waals surface area contributed by atoms with Crippen LogP contribution in [0.15, 0.2) is 10.7 Å². The predicted molar refractivity (Wildman–Crippen MR) is 89.3 cm³/mol. The first-order valence-corrected chi connectivity index (χ1v) is 9.04. The first kappa shape index (κ1) is 17.0. The van der Waals surface area contributed by atoms with E-state index in [0.29, 0.717) is 0 Å². The molecular formula is C16H28BrN3O. The number of aryl methyl sites for hydroxylation is 1. The van der Waals surface area contributed by atoms with Gasteiger partial charge in [0.1, 0.15) is 6.10 Å². The van der Waals surface area contributed by atoms with Crippen molar-refractivity contribution in [1.29, 1.82) is 0 Å². The molecule has 1 aromatic heterocycles. The number of aliphatic hydroxyl groups is 1. The second-order valence-electron chi connectivity index (χ2n) is 6.01. The van der Waals surface area contributed by atoms with Gasteiger partial charge < -0.3 is 5.11 Å². The number of halogens is 1. The number of hydrogen-bond donors (Lipinski definition) is 1. The molecule has 21 heavy (non-hydrogen) atoms. The maximum Gasteiger partial charge on any atom is 0.115 e. The standard InChI is InChI=1S/C16H28BrN3O/c1-4-9-20-14(13(17)12-18-20)15(21)16(5-2,6-3)19-10-7-8-11-19/h12,15,21H,4-11H2,1-3H3. The summed E-state index contributed by atoms with van der Waals surface area (Å²) in [5.74, 6) is 0. The maximum atomic E-state index is 11.2. The van der Waals surface area contributed by atoms with E-state index >= 15 is 0 Å². The molecule has 0 amide bonds. The lowest BCUT2D eigenvalue weighted by Gasteiger charge is -2.44. The van der Waals surface area contributed by atoms with Crippen LogP contribution in [0.5, 0.6) is 0 Å². The third-order valence-corrected chi connectivity index (χ3v) is 5.61. The Morgan fingerprint density at radius 2 is 1.90 bits per heavy atom. The van der Waals surface area contributed by atoms with Crippen molar-refractivity contribution in [3.8, 4) is 0 Å². The molecule has 5 heteroatoms. The summed E-state index contributed by atoms with van der Waals surface area (Å²) in [5.41, 5.74) is 0.761. The average molecular weight is 358 g/mol. The molecule has 2 heterocycles. The van der Waals surface area contributed by atoms with E-state index in [1.807, 2.05) is 10.9 Å². The fourth-order valence-electron chi connectivity index (χ4n) is 3.71. The SMILES string of the molecule is CCCn1ncc(Br)c1C(O)C(CC)(CC)N1CCCC1. The van der Waals surface area contributed by atoms with Crippen molar-refractivity contribution >= 4 is 15.9 Å². The Balaban J connectivity index is 2.38. The summed E-state index contributed by atoms with van der Waals surface area (Å²) < 4.78 is 2.89. The fraction of sp³-hybridized carbons (Fsp3) is 0.812. The molecule has 1 N–H and O–H groups in total. The number of hydrogen-bond acceptors (Lipinski definition) is 3. The molecule has 0 saturated carbocycles. The molecule has 1 atom stereocenters. The maximum absolute atomic E-state index is 11.2. The van der Waals surface area contributed by atoms with Gasteiger partial charge in [-0.3, -0.25) is 9.58 Å². The van der Waals surface area contributed by atoms with Crippen LogP contribution < -0.4 is 0 Å². The van der Waals surface area contributed by atoms with Crippen LogP contribution in [0.3, 0.4) is 0 Å². The van der Waals surface area contributed by atoms with Gasteiger partial charge >= 0.3 is 0 Å². The smallest absolute Gasteiger partial charge is 0.115 e. The Morgan fingerprint density at radius 1 is 1.29 bits per heavy atom. The number of likely N-dealkylation sites (tertiary alicyclic amines) is 1. The topological polar surface area (TPSA) is 41.3 Å². The van der Waals surface area contributed by atoms with E-state index in [2.05, 4.69) is 46.7 Å². The molecule has 0 spiro atoms. The van der Waals surface area contributed by atoms with Gasteiger partial charge in [0.25, 0.3) is 0 Å². The van der Waals surface area contributed by atoms with Crippen molar-refractivity contribution < 1.29 is 5.11 Å². The molecular weight excluding hydrogens is 330 g/mol. The van der Waals surface area contributed by atoms with Crippen molar-refractivity contribution in [2.24, 2.45) is 0 Å². The second kappa shape index (κ2) is 7.25. The van der Waals surface area contributed by atoms with Gasteiger partial charge in [-0.15, -0.1) is 0 Å². The molecule has 0 aliphatic carbocycles. The van der Waals surface area contributed by atoms with Crippen LogP contribution in [0.25, 0.3) is 0 Å². The summed E-state index contributed by atoms with van der Waals surface area (Å²) in [6.45, 7) is 9.57. The third kappa shape index (κ3) is 3.06. The van der Waals surface area contributed by atoms with E-state index in [1.54, 1.807) is 0 Å². The molecule has 0 radical (unpaired) electrons. The van der Waals surface area contributed by atoms with Gasteiger partial charge in [-0.05, 0) is 61.1 Å². The van der Waals surface area contributed by atoms with E-state index in [9.17, 15) is 5.11 Å². The average Bonchev–Trinajstić information content (AvgIpc) is 3.12. The van der Waals surface area contributed by atoms with E-state index in [4.69, 9.17) is 0 Å². The Kier molecular flexibility index (Phi) is 5.86. The summed E-state index contributed by atoms with van der Waals surface area (Å²) in [6, 6.07) is 0. The lowest BCUT2D eigenvalue weighted by atomic mass is 9.83. The van der Waals surface area contributed by atoms with Crippen LogP contribution in [0.4, 0.5) is 0 Å². The van der Waals surface area contributed by atoms with Crippen LogP contribution in [-0.4, -0.2) is 38.4 Å². The summed E-state index contributed by atoms with van der Waals surface area (Å²) in [7, 11) is 0. The highest BCUT2D eigenvalue weighted by molar-refractivity contribution is 9.10. The molecule has 1 aromatic rings. The Labute approximate surface area is 136 Å². The van der Waals surface area contributed by atoms with Gasteiger partial charge in [0.05, 0.1) is 21.9 Å². The number of aromatic nitrogens is 2. The minimum absolute atomic E-state index is 0.176. The van der Waals surface area contributed by atoms with Gasteiger partial charge in [-0.25, -0.2) is 0 Å².